The summed E-state index contributed by atoms with van der Waals surface area (Å²) in [5.74, 6) is 0.698. The lowest BCUT2D eigenvalue weighted by atomic mass is 9.75. The second-order valence-corrected chi connectivity index (χ2v) is 5.98. The number of benzene rings is 1. The molecule has 0 spiro atoms. The first-order chi connectivity index (χ1) is 8.97. The molecule has 104 valence electrons. The van der Waals surface area contributed by atoms with E-state index >= 15 is 0 Å². The Labute approximate surface area is 119 Å². The van der Waals surface area contributed by atoms with Gasteiger partial charge in [0.25, 0.3) is 0 Å². The normalized spacial score (nSPS) is 23.6. The Hall–Kier alpha value is -1.06. The highest BCUT2D eigenvalue weighted by Gasteiger charge is 2.32. The lowest BCUT2D eigenvalue weighted by Gasteiger charge is -2.38. The van der Waals surface area contributed by atoms with Gasteiger partial charge in [0.05, 0.1) is 6.04 Å². The summed E-state index contributed by atoms with van der Waals surface area (Å²) in [6, 6.07) is 8.38. The van der Waals surface area contributed by atoms with E-state index < -0.39 is 0 Å². The molecule has 1 aliphatic carbocycles. The first-order valence-electron chi connectivity index (χ1n) is 6.70. The third-order valence-electron chi connectivity index (χ3n) is 3.76. The summed E-state index contributed by atoms with van der Waals surface area (Å²) in [4.78, 5) is 13.4. The number of amides is 1. The molecule has 0 radical (unpaired) electrons. The van der Waals surface area contributed by atoms with Crippen LogP contribution < -0.4 is 5.32 Å². The fourth-order valence-electron chi connectivity index (χ4n) is 2.60. The first-order valence-corrected chi connectivity index (χ1v) is 7.08. The van der Waals surface area contributed by atoms with Crippen molar-refractivity contribution in [2.24, 2.45) is 0 Å². The second kappa shape index (κ2) is 5.93. The van der Waals surface area contributed by atoms with Gasteiger partial charge in [-0.1, -0.05) is 23.7 Å². The molecule has 3 nitrogen and oxygen atoms in total. The molecule has 1 aromatic rings. The molecule has 2 rings (SSSR count). The number of nitrogens with one attached hydrogen (secondary N) is 1. The number of hydrogen-bond donors (Lipinski definition) is 1. The van der Waals surface area contributed by atoms with Crippen molar-refractivity contribution in [3.8, 4) is 0 Å². The molecule has 0 heterocycles. The molecular formula is C15H21ClN2O. The Morgan fingerprint density at radius 2 is 2.11 bits per heavy atom. The second-order valence-electron chi connectivity index (χ2n) is 5.54. The summed E-state index contributed by atoms with van der Waals surface area (Å²) >= 11 is 6.00. The molecule has 1 aliphatic rings. The molecule has 0 aromatic heterocycles. The number of halogens is 1. The molecule has 0 bridgehead atoms. The van der Waals surface area contributed by atoms with Gasteiger partial charge >= 0.3 is 0 Å². The molecule has 19 heavy (non-hydrogen) atoms. The molecule has 1 saturated carbocycles. The predicted octanol–water partition coefficient (Wildman–Crippen LogP) is 2.65. The average Bonchev–Trinajstić information content (AvgIpc) is 2.31. The van der Waals surface area contributed by atoms with E-state index in [9.17, 15) is 4.79 Å². The van der Waals surface area contributed by atoms with Crippen molar-refractivity contribution in [3.05, 3.63) is 34.9 Å². The van der Waals surface area contributed by atoms with E-state index in [2.05, 4.69) is 11.4 Å². The number of rotatable bonds is 4. The molecule has 0 aliphatic heterocycles. The van der Waals surface area contributed by atoms with E-state index in [4.69, 9.17) is 11.6 Å². The minimum absolute atomic E-state index is 0.111. The van der Waals surface area contributed by atoms with Gasteiger partial charge in [0.1, 0.15) is 0 Å². The predicted molar refractivity (Wildman–Crippen MR) is 78.5 cm³/mol. The number of carbonyl (C=O) groups excluding carboxylic acids is 1. The van der Waals surface area contributed by atoms with E-state index in [1.54, 1.807) is 19.0 Å². The van der Waals surface area contributed by atoms with Crippen LogP contribution >= 0.6 is 11.6 Å². The lowest BCUT2D eigenvalue weighted by Crippen LogP contribution is -2.50. The van der Waals surface area contributed by atoms with Gasteiger partial charge < -0.3 is 10.2 Å². The highest BCUT2D eigenvalue weighted by Crippen LogP contribution is 2.37. The summed E-state index contributed by atoms with van der Waals surface area (Å²) in [7, 11) is 3.58. The minimum Gasteiger partial charge on any atom is -0.347 e. The summed E-state index contributed by atoms with van der Waals surface area (Å²) in [6.45, 7) is 1.93. The maximum atomic E-state index is 11.8. The summed E-state index contributed by atoms with van der Waals surface area (Å²) in [5.41, 5.74) is 1.30. The average molecular weight is 281 g/mol. The Balaban J connectivity index is 1.82. The van der Waals surface area contributed by atoms with Crippen LogP contribution in [0, 0.1) is 0 Å². The zero-order valence-electron chi connectivity index (χ0n) is 11.7. The monoisotopic (exact) mass is 280 g/mol. The van der Waals surface area contributed by atoms with Crippen LogP contribution in [0.1, 0.15) is 31.2 Å². The molecular weight excluding hydrogens is 260 g/mol. The van der Waals surface area contributed by atoms with Crippen molar-refractivity contribution < 1.29 is 4.79 Å². The number of nitrogens with zero attached hydrogens (tertiary/aromatic N) is 1. The molecule has 1 unspecified atom stereocenters. The van der Waals surface area contributed by atoms with Crippen LogP contribution in [0.5, 0.6) is 0 Å². The molecule has 4 heteroatoms. The molecule has 0 saturated heterocycles. The number of carbonyl (C=O) groups is 1. The summed E-state index contributed by atoms with van der Waals surface area (Å²) in [5, 5.41) is 4.18. The Kier molecular flexibility index (Phi) is 4.48. The van der Waals surface area contributed by atoms with E-state index in [0.717, 1.165) is 17.9 Å². The van der Waals surface area contributed by atoms with Crippen molar-refractivity contribution in [1.29, 1.82) is 0 Å². The van der Waals surface area contributed by atoms with Crippen LogP contribution in [0.4, 0.5) is 0 Å². The van der Waals surface area contributed by atoms with Gasteiger partial charge in [0.15, 0.2) is 0 Å². The third-order valence-corrected chi connectivity index (χ3v) is 3.99. The Morgan fingerprint density at radius 3 is 2.68 bits per heavy atom. The van der Waals surface area contributed by atoms with Crippen molar-refractivity contribution in [1.82, 2.24) is 10.2 Å². The van der Waals surface area contributed by atoms with Gasteiger partial charge in [0, 0.05) is 25.2 Å². The van der Waals surface area contributed by atoms with Crippen LogP contribution in [-0.2, 0) is 4.79 Å². The van der Waals surface area contributed by atoms with Crippen molar-refractivity contribution in [2.45, 2.75) is 37.8 Å². The van der Waals surface area contributed by atoms with Crippen LogP contribution in [0.25, 0.3) is 0 Å². The van der Waals surface area contributed by atoms with Gasteiger partial charge in [-0.05, 0) is 43.4 Å². The standard InChI is InChI=1S/C15H21ClN2O/c1-10(15(19)18(2)3)17-14-8-12(9-14)11-5-4-6-13(16)7-11/h4-7,10,12,14,17H,8-9H2,1-3H3. The Morgan fingerprint density at radius 1 is 1.42 bits per heavy atom. The number of likely N-dealkylation sites (N-methyl/N-ethyl adjacent to an activating group) is 1. The maximum Gasteiger partial charge on any atom is 0.238 e. The molecule has 1 amide bonds. The quantitative estimate of drug-likeness (QED) is 0.920. The van der Waals surface area contributed by atoms with Gasteiger partial charge in [-0.15, -0.1) is 0 Å². The zero-order chi connectivity index (χ0) is 14.0. The van der Waals surface area contributed by atoms with Gasteiger partial charge in [0.2, 0.25) is 5.91 Å². The highest BCUT2D eigenvalue weighted by atomic mass is 35.5. The highest BCUT2D eigenvalue weighted by molar-refractivity contribution is 6.30. The zero-order valence-corrected chi connectivity index (χ0v) is 12.4. The van der Waals surface area contributed by atoms with Crippen molar-refractivity contribution >= 4 is 17.5 Å². The number of hydrogen-bond acceptors (Lipinski definition) is 2. The smallest absolute Gasteiger partial charge is 0.238 e. The Bertz CT molecular complexity index is 455. The lowest BCUT2D eigenvalue weighted by molar-refractivity contribution is -0.130. The van der Waals surface area contributed by atoms with Crippen LogP contribution in [0.3, 0.4) is 0 Å². The topological polar surface area (TPSA) is 32.3 Å². The molecule has 1 atom stereocenters. The van der Waals surface area contributed by atoms with Gasteiger partial charge in [-0.3, -0.25) is 4.79 Å². The first kappa shape index (κ1) is 14.4. The maximum absolute atomic E-state index is 11.8. The SMILES string of the molecule is CC(NC1CC(c2cccc(Cl)c2)C1)C(=O)N(C)C. The van der Waals surface area contributed by atoms with Gasteiger partial charge in [-0.25, -0.2) is 0 Å². The van der Waals surface area contributed by atoms with E-state index in [-0.39, 0.29) is 11.9 Å². The van der Waals surface area contributed by atoms with Crippen LogP contribution in [0.15, 0.2) is 24.3 Å². The van der Waals surface area contributed by atoms with Crippen LogP contribution in [-0.4, -0.2) is 37.0 Å². The van der Waals surface area contributed by atoms with Gasteiger partial charge in [-0.2, -0.15) is 0 Å². The minimum atomic E-state index is -0.111. The van der Waals surface area contributed by atoms with Crippen molar-refractivity contribution in [3.63, 3.8) is 0 Å². The molecule has 1 N–H and O–H groups in total. The van der Waals surface area contributed by atoms with E-state index in [0.29, 0.717) is 12.0 Å². The van der Waals surface area contributed by atoms with Crippen LogP contribution in [0.2, 0.25) is 5.02 Å². The fraction of sp³-hybridized carbons (Fsp3) is 0.533. The largest absolute Gasteiger partial charge is 0.347 e. The third kappa shape index (κ3) is 3.48. The fourth-order valence-corrected chi connectivity index (χ4v) is 2.80. The van der Waals surface area contributed by atoms with E-state index in [1.165, 1.54) is 5.56 Å². The summed E-state index contributed by atoms with van der Waals surface area (Å²) in [6.07, 6.45) is 2.15. The molecule has 1 aromatic carbocycles. The summed E-state index contributed by atoms with van der Waals surface area (Å²) < 4.78 is 0. The van der Waals surface area contributed by atoms with E-state index in [1.807, 2.05) is 25.1 Å². The van der Waals surface area contributed by atoms with Crippen molar-refractivity contribution in [2.75, 3.05) is 14.1 Å². The molecule has 1 fully saturated rings.